The molecule has 0 saturated heterocycles. The van der Waals surface area contributed by atoms with E-state index in [1.807, 2.05) is 17.5 Å². The molecule has 136 valence electrons. The molecule has 9 heteroatoms. The second-order valence-electron chi connectivity index (χ2n) is 5.34. The zero-order valence-corrected chi connectivity index (χ0v) is 16.1. The number of ether oxygens (including phenoxy) is 2. The van der Waals surface area contributed by atoms with Crippen LogP contribution in [0.5, 0.6) is 5.75 Å². The molecule has 3 aromatic rings. The van der Waals surface area contributed by atoms with Gasteiger partial charge in [0.2, 0.25) is 0 Å². The van der Waals surface area contributed by atoms with Gasteiger partial charge in [-0.2, -0.15) is 0 Å². The summed E-state index contributed by atoms with van der Waals surface area (Å²) >= 11 is 13.4. The lowest BCUT2D eigenvalue weighted by molar-refractivity contribution is -0.157. The number of benzene rings is 1. The fraction of sp³-hybridized carbons (Fsp3) is 0.235. The molecule has 2 heterocycles. The Bertz CT molecular complexity index is 898. The summed E-state index contributed by atoms with van der Waals surface area (Å²) in [5, 5.41) is 10.6. The molecule has 0 amide bonds. The average molecular weight is 413 g/mol. The van der Waals surface area contributed by atoms with Gasteiger partial charge in [0.25, 0.3) is 11.8 Å². The molecule has 0 aliphatic rings. The van der Waals surface area contributed by atoms with Gasteiger partial charge in [-0.25, -0.2) is 4.79 Å². The Labute approximate surface area is 163 Å². The van der Waals surface area contributed by atoms with Gasteiger partial charge >= 0.3 is 5.97 Å². The van der Waals surface area contributed by atoms with Gasteiger partial charge < -0.3 is 13.9 Å². The molecule has 0 fully saturated rings. The van der Waals surface area contributed by atoms with E-state index in [9.17, 15) is 4.79 Å². The molecule has 0 N–H and O–H groups in total. The number of halogens is 2. The van der Waals surface area contributed by atoms with Crippen molar-refractivity contribution >= 4 is 40.5 Å². The van der Waals surface area contributed by atoms with E-state index in [2.05, 4.69) is 10.2 Å². The van der Waals surface area contributed by atoms with Crippen molar-refractivity contribution in [2.45, 2.75) is 26.1 Å². The molecule has 0 bridgehead atoms. The molecule has 0 aliphatic heterocycles. The van der Waals surface area contributed by atoms with E-state index in [0.29, 0.717) is 21.7 Å². The molecule has 3 rings (SSSR count). The lowest BCUT2D eigenvalue weighted by atomic mass is 10.3. The smallest absolute Gasteiger partial charge is 0.347 e. The van der Waals surface area contributed by atoms with Crippen LogP contribution >= 0.6 is 34.5 Å². The van der Waals surface area contributed by atoms with E-state index in [4.69, 9.17) is 37.1 Å². The highest BCUT2D eigenvalue weighted by atomic mass is 35.5. The Hall–Kier alpha value is -2.09. The molecule has 0 spiro atoms. The monoisotopic (exact) mass is 412 g/mol. The highest BCUT2D eigenvalue weighted by molar-refractivity contribution is 7.13. The summed E-state index contributed by atoms with van der Waals surface area (Å²) in [5.74, 6) is 0.346. The van der Waals surface area contributed by atoms with Crippen LogP contribution in [-0.4, -0.2) is 22.3 Å². The van der Waals surface area contributed by atoms with Crippen molar-refractivity contribution in [1.29, 1.82) is 0 Å². The number of esters is 1. The van der Waals surface area contributed by atoms with E-state index in [1.54, 1.807) is 26.0 Å². The van der Waals surface area contributed by atoms with Crippen LogP contribution in [0.1, 0.15) is 25.8 Å². The lowest BCUT2D eigenvalue weighted by Gasteiger charge is -2.16. The van der Waals surface area contributed by atoms with Crippen molar-refractivity contribution < 1.29 is 18.7 Å². The third-order valence-electron chi connectivity index (χ3n) is 3.34. The topological polar surface area (TPSA) is 74.5 Å². The van der Waals surface area contributed by atoms with Gasteiger partial charge in [-0.1, -0.05) is 29.3 Å². The molecule has 0 unspecified atom stereocenters. The summed E-state index contributed by atoms with van der Waals surface area (Å²) in [6, 6.07) is 8.49. The molecule has 6 nitrogen and oxygen atoms in total. The van der Waals surface area contributed by atoms with E-state index in [1.165, 1.54) is 17.4 Å². The number of nitrogens with zero attached hydrogens (tertiary/aromatic N) is 2. The molecule has 2 aromatic heterocycles. The second kappa shape index (κ2) is 8.07. The molecular formula is C17H14Cl2N2O4S. The summed E-state index contributed by atoms with van der Waals surface area (Å²) < 4.78 is 16.4. The number of thiophene rings is 1. The third kappa shape index (κ3) is 4.35. The predicted octanol–water partition coefficient (Wildman–Crippen LogP) is 5.18. The third-order valence-corrected chi connectivity index (χ3v) is 4.73. The fourth-order valence-corrected chi connectivity index (χ4v) is 3.13. The Balaban J connectivity index is 1.61. The average Bonchev–Trinajstić information content (AvgIpc) is 3.28. The lowest BCUT2D eigenvalue weighted by Crippen LogP contribution is -2.27. The molecule has 0 radical (unpaired) electrons. The molecular weight excluding hydrogens is 399 g/mol. The molecule has 0 aliphatic carbocycles. The minimum Gasteiger partial charge on any atom is -0.477 e. The Morgan fingerprint density at radius 3 is 2.73 bits per heavy atom. The summed E-state index contributed by atoms with van der Waals surface area (Å²) in [6.07, 6.45) is -1.59. The van der Waals surface area contributed by atoms with E-state index < -0.39 is 18.2 Å². The van der Waals surface area contributed by atoms with Crippen molar-refractivity contribution in [3.8, 4) is 16.5 Å². The van der Waals surface area contributed by atoms with Crippen LogP contribution in [0.3, 0.4) is 0 Å². The normalized spacial score (nSPS) is 13.2. The SMILES string of the molecule is C[C@H](Oc1ccc(Cl)cc1Cl)C(=O)O[C@@H](C)c1nnc(-c2cccs2)o1. The number of aromatic nitrogens is 2. The fourth-order valence-electron chi connectivity index (χ4n) is 2.03. The highest BCUT2D eigenvalue weighted by Gasteiger charge is 2.24. The Morgan fingerprint density at radius 1 is 1.23 bits per heavy atom. The van der Waals surface area contributed by atoms with Crippen molar-refractivity contribution in [2.75, 3.05) is 0 Å². The molecule has 1 aromatic carbocycles. The quantitative estimate of drug-likeness (QED) is 0.519. The highest BCUT2D eigenvalue weighted by Crippen LogP contribution is 2.29. The van der Waals surface area contributed by atoms with Crippen molar-refractivity contribution in [3.05, 3.63) is 51.6 Å². The van der Waals surface area contributed by atoms with Gasteiger partial charge in [0, 0.05) is 5.02 Å². The van der Waals surface area contributed by atoms with Gasteiger partial charge in [0.15, 0.2) is 12.2 Å². The van der Waals surface area contributed by atoms with Gasteiger partial charge in [-0.3, -0.25) is 0 Å². The zero-order valence-electron chi connectivity index (χ0n) is 13.8. The summed E-state index contributed by atoms with van der Waals surface area (Å²) in [5.41, 5.74) is 0. The number of hydrogen-bond donors (Lipinski definition) is 0. The Kier molecular flexibility index (Phi) is 5.80. The number of carbonyl (C=O) groups excluding carboxylic acids is 1. The van der Waals surface area contributed by atoms with Crippen LogP contribution in [0.4, 0.5) is 0 Å². The minimum absolute atomic E-state index is 0.207. The largest absolute Gasteiger partial charge is 0.477 e. The molecule has 0 saturated carbocycles. The number of hydrogen-bond acceptors (Lipinski definition) is 7. The first-order valence-electron chi connectivity index (χ1n) is 7.63. The van der Waals surface area contributed by atoms with Crippen LogP contribution in [0.15, 0.2) is 40.1 Å². The van der Waals surface area contributed by atoms with Gasteiger partial charge in [0.1, 0.15) is 5.75 Å². The molecule has 2 atom stereocenters. The summed E-state index contributed by atoms with van der Waals surface area (Å²) in [6.45, 7) is 3.20. The van der Waals surface area contributed by atoms with Crippen LogP contribution in [0.2, 0.25) is 10.0 Å². The predicted molar refractivity (Wildman–Crippen MR) is 98.7 cm³/mol. The van der Waals surface area contributed by atoms with Gasteiger partial charge in [0.05, 0.1) is 9.90 Å². The first-order valence-corrected chi connectivity index (χ1v) is 9.27. The summed E-state index contributed by atoms with van der Waals surface area (Å²) in [7, 11) is 0. The van der Waals surface area contributed by atoms with Gasteiger partial charge in [-0.05, 0) is 43.5 Å². The van der Waals surface area contributed by atoms with Crippen LogP contribution in [-0.2, 0) is 9.53 Å². The standard InChI is InChI=1S/C17H14Cl2N2O4S/c1-9(15-20-21-16(25-15)14-4-3-7-26-14)24-17(22)10(2)23-13-6-5-11(18)8-12(13)19/h3-10H,1-2H3/t9-,10-/m0/s1. The maximum Gasteiger partial charge on any atom is 0.347 e. The first-order chi connectivity index (χ1) is 12.4. The van der Waals surface area contributed by atoms with E-state index in [0.717, 1.165) is 4.88 Å². The number of rotatable bonds is 6. The summed E-state index contributed by atoms with van der Waals surface area (Å²) in [4.78, 5) is 13.1. The van der Waals surface area contributed by atoms with Crippen molar-refractivity contribution in [2.24, 2.45) is 0 Å². The van der Waals surface area contributed by atoms with Crippen molar-refractivity contribution in [1.82, 2.24) is 10.2 Å². The molecule has 26 heavy (non-hydrogen) atoms. The second-order valence-corrected chi connectivity index (χ2v) is 7.13. The maximum absolute atomic E-state index is 12.2. The van der Waals surface area contributed by atoms with Crippen molar-refractivity contribution in [3.63, 3.8) is 0 Å². The maximum atomic E-state index is 12.2. The van der Waals surface area contributed by atoms with Gasteiger partial charge in [-0.15, -0.1) is 21.5 Å². The minimum atomic E-state index is -0.879. The Morgan fingerprint density at radius 2 is 2.04 bits per heavy atom. The van der Waals surface area contributed by atoms with E-state index in [-0.39, 0.29) is 5.89 Å². The zero-order chi connectivity index (χ0) is 18.7. The van der Waals surface area contributed by atoms with Crippen LogP contribution in [0.25, 0.3) is 10.8 Å². The number of carbonyl (C=O) groups is 1. The first kappa shape index (κ1) is 18.7. The van der Waals surface area contributed by atoms with E-state index >= 15 is 0 Å². The van der Waals surface area contributed by atoms with Crippen LogP contribution in [0, 0.1) is 0 Å². The van der Waals surface area contributed by atoms with Crippen LogP contribution < -0.4 is 4.74 Å².